The summed E-state index contributed by atoms with van der Waals surface area (Å²) in [6.45, 7) is -0.0485. The fraction of sp³-hybridized carbons (Fsp3) is 0.214. The molecule has 7 nitrogen and oxygen atoms in total. The molecular formula is C14H16N4O3. The summed E-state index contributed by atoms with van der Waals surface area (Å²) < 4.78 is 6.45. The van der Waals surface area contributed by atoms with Crippen molar-refractivity contribution in [3.05, 3.63) is 29.8 Å². The van der Waals surface area contributed by atoms with Crippen LogP contribution < -0.4 is 15.8 Å². The second kappa shape index (κ2) is 6.08. The molecule has 2 aromatic rings. The number of anilines is 1. The number of nitrogens with zero attached hydrogens (tertiary/aromatic N) is 2. The molecule has 0 unspecified atom stereocenters. The first kappa shape index (κ1) is 14.6. The van der Waals surface area contributed by atoms with Gasteiger partial charge in [-0.15, -0.1) is 0 Å². The summed E-state index contributed by atoms with van der Waals surface area (Å²) in [5.74, 6) is 0.550. The molecule has 0 aliphatic rings. The third kappa shape index (κ3) is 2.86. The van der Waals surface area contributed by atoms with Crippen LogP contribution in [0.5, 0.6) is 5.75 Å². The Labute approximate surface area is 121 Å². The minimum atomic E-state index is -0.251. The van der Waals surface area contributed by atoms with E-state index in [2.05, 4.69) is 10.4 Å². The van der Waals surface area contributed by atoms with E-state index in [1.807, 2.05) is 0 Å². The van der Waals surface area contributed by atoms with Crippen molar-refractivity contribution < 1.29 is 14.3 Å². The molecule has 0 saturated carbocycles. The molecule has 0 bridgehead atoms. The molecule has 1 aromatic carbocycles. The van der Waals surface area contributed by atoms with E-state index in [9.17, 15) is 9.59 Å². The molecule has 7 heteroatoms. The zero-order valence-corrected chi connectivity index (χ0v) is 11.8. The molecule has 1 amide bonds. The van der Waals surface area contributed by atoms with Crippen LogP contribution in [-0.4, -0.2) is 36.1 Å². The number of rotatable bonds is 5. The average molecular weight is 288 g/mol. The minimum Gasteiger partial charge on any atom is -0.497 e. The maximum Gasteiger partial charge on any atom is 0.241 e. The lowest BCUT2D eigenvalue weighted by atomic mass is 10.1. The summed E-state index contributed by atoms with van der Waals surface area (Å²) in [5.41, 5.74) is 7.26. The maximum absolute atomic E-state index is 11.4. The van der Waals surface area contributed by atoms with E-state index >= 15 is 0 Å². The third-order valence-electron chi connectivity index (χ3n) is 3.06. The van der Waals surface area contributed by atoms with Crippen molar-refractivity contribution in [2.24, 2.45) is 0 Å². The number of benzene rings is 1. The molecule has 0 aliphatic heterocycles. The summed E-state index contributed by atoms with van der Waals surface area (Å²) in [4.78, 5) is 22.7. The van der Waals surface area contributed by atoms with E-state index in [4.69, 9.17) is 10.5 Å². The first-order chi connectivity index (χ1) is 10.1. The first-order valence-corrected chi connectivity index (χ1v) is 6.27. The number of carbonyl (C=O) groups is 2. The van der Waals surface area contributed by atoms with Gasteiger partial charge in [0.25, 0.3) is 0 Å². The van der Waals surface area contributed by atoms with Crippen LogP contribution in [0.4, 0.5) is 5.82 Å². The number of ether oxygens (including phenoxy) is 1. The molecule has 21 heavy (non-hydrogen) atoms. The number of amides is 1. The van der Waals surface area contributed by atoms with Crippen LogP contribution in [0.3, 0.4) is 0 Å². The lowest BCUT2D eigenvalue weighted by Crippen LogP contribution is -2.24. The van der Waals surface area contributed by atoms with Gasteiger partial charge in [0.15, 0.2) is 6.29 Å². The number of aromatic nitrogens is 2. The molecule has 0 spiro atoms. The van der Waals surface area contributed by atoms with Crippen LogP contribution in [0.2, 0.25) is 0 Å². The van der Waals surface area contributed by atoms with Gasteiger partial charge >= 0.3 is 0 Å². The smallest absolute Gasteiger partial charge is 0.241 e. The van der Waals surface area contributed by atoms with Crippen LogP contribution in [0.15, 0.2) is 24.3 Å². The third-order valence-corrected chi connectivity index (χ3v) is 3.06. The van der Waals surface area contributed by atoms with Gasteiger partial charge in [-0.2, -0.15) is 5.10 Å². The van der Waals surface area contributed by atoms with Gasteiger partial charge in [0.1, 0.15) is 23.8 Å². The molecule has 0 radical (unpaired) electrons. The summed E-state index contributed by atoms with van der Waals surface area (Å²) >= 11 is 0. The van der Waals surface area contributed by atoms with E-state index < -0.39 is 0 Å². The standard InChI is InChI=1S/C14H16N4O3/c1-16-12(20)7-18-14(15)11(8-19)13(17-18)9-4-3-5-10(6-9)21-2/h3-6,8H,7,15H2,1-2H3,(H,16,20). The quantitative estimate of drug-likeness (QED) is 0.789. The molecule has 0 aliphatic carbocycles. The number of nitrogens with two attached hydrogens (primary N) is 1. The van der Waals surface area contributed by atoms with Crippen molar-refractivity contribution in [2.75, 3.05) is 19.9 Å². The van der Waals surface area contributed by atoms with Crippen molar-refractivity contribution in [1.82, 2.24) is 15.1 Å². The topological polar surface area (TPSA) is 99.2 Å². The van der Waals surface area contributed by atoms with Gasteiger partial charge < -0.3 is 15.8 Å². The van der Waals surface area contributed by atoms with Crippen LogP contribution >= 0.6 is 0 Å². The number of hydrogen-bond donors (Lipinski definition) is 2. The Morgan fingerprint density at radius 2 is 2.29 bits per heavy atom. The predicted octanol–water partition coefficient (Wildman–Crippen LogP) is 0.699. The number of nitrogen functional groups attached to an aromatic ring is 1. The van der Waals surface area contributed by atoms with Gasteiger partial charge in [0, 0.05) is 12.6 Å². The van der Waals surface area contributed by atoms with Crippen LogP contribution in [-0.2, 0) is 11.3 Å². The summed E-state index contributed by atoms with van der Waals surface area (Å²) in [6, 6.07) is 7.12. The fourth-order valence-corrected chi connectivity index (χ4v) is 1.92. The lowest BCUT2D eigenvalue weighted by molar-refractivity contribution is -0.121. The summed E-state index contributed by atoms with van der Waals surface area (Å²) in [5, 5.41) is 6.74. The largest absolute Gasteiger partial charge is 0.497 e. The first-order valence-electron chi connectivity index (χ1n) is 6.27. The van der Waals surface area contributed by atoms with E-state index in [0.29, 0.717) is 23.3 Å². The molecular weight excluding hydrogens is 272 g/mol. The minimum absolute atomic E-state index is 0.0485. The van der Waals surface area contributed by atoms with Crippen molar-refractivity contribution in [3.63, 3.8) is 0 Å². The van der Waals surface area contributed by atoms with Crippen LogP contribution in [0.25, 0.3) is 11.3 Å². The molecule has 1 heterocycles. The molecule has 2 rings (SSSR count). The van der Waals surface area contributed by atoms with Crippen LogP contribution in [0, 0.1) is 0 Å². The number of likely N-dealkylation sites (N-methyl/N-ethyl adjacent to an activating group) is 1. The van der Waals surface area contributed by atoms with Crippen molar-refractivity contribution in [1.29, 1.82) is 0 Å². The molecule has 110 valence electrons. The molecule has 0 fully saturated rings. The number of aldehydes is 1. The molecule has 1 aromatic heterocycles. The van der Waals surface area contributed by atoms with Gasteiger partial charge in [0.2, 0.25) is 5.91 Å². The Bertz CT molecular complexity index is 679. The van der Waals surface area contributed by atoms with Crippen LogP contribution in [0.1, 0.15) is 10.4 Å². The maximum atomic E-state index is 11.4. The Morgan fingerprint density at radius 1 is 1.52 bits per heavy atom. The highest BCUT2D eigenvalue weighted by Crippen LogP contribution is 2.28. The van der Waals surface area contributed by atoms with E-state index in [1.54, 1.807) is 31.4 Å². The molecule has 3 N–H and O–H groups in total. The normalized spacial score (nSPS) is 10.2. The van der Waals surface area contributed by atoms with E-state index in [0.717, 1.165) is 0 Å². The van der Waals surface area contributed by atoms with E-state index in [1.165, 1.54) is 11.7 Å². The van der Waals surface area contributed by atoms with Gasteiger partial charge in [0.05, 0.1) is 12.7 Å². The Kier molecular flexibility index (Phi) is 4.22. The number of methoxy groups -OCH3 is 1. The van der Waals surface area contributed by atoms with E-state index in [-0.39, 0.29) is 23.8 Å². The Morgan fingerprint density at radius 3 is 2.90 bits per heavy atom. The van der Waals surface area contributed by atoms with Crippen molar-refractivity contribution >= 4 is 18.0 Å². The highest BCUT2D eigenvalue weighted by molar-refractivity contribution is 5.92. The highest BCUT2D eigenvalue weighted by atomic mass is 16.5. The zero-order valence-electron chi connectivity index (χ0n) is 11.8. The van der Waals surface area contributed by atoms with Gasteiger partial charge in [-0.3, -0.25) is 9.59 Å². The summed E-state index contributed by atoms with van der Waals surface area (Å²) in [6.07, 6.45) is 0.636. The lowest BCUT2D eigenvalue weighted by Gasteiger charge is -2.02. The van der Waals surface area contributed by atoms with Crippen molar-refractivity contribution in [3.8, 4) is 17.0 Å². The molecule has 0 atom stereocenters. The van der Waals surface area contributed by atoms with Gasteiger partial charge in [-0.1, -0.05) is 12.1 Å². The average Bonchev–Trinajstić information content (AvgIpc) is 2.83. The SMILES string of the molecule is CNC(=O)Cn1nc(-c2cccc(OC)c2)c(C=O)c1N. The predicted molar refractivity (Wildman–Crippen MR) is 78.1 cm³/mol. The molecule has 0 saturated heterocycles. The number of hydrogen-bond acceptors (Lipinski definition) is 5. The van der Waals surface area contributed by atoms with Gasteiger partial charge in [-0.25, -0.2) is 4.68 Å². The number of carbonyl (C=O) groups excluding carboxylic acids is 2. The van der Waals surface area contributed by atoms with Crippen molar-refractivity contribution in [2.45, 2.75) is 6.54 Å². The second-order valence-electron chi connectivity index (χ2n) is 4.33. The fourth-order valence-electron chi connectivity index (χ4n) is 1.92. The highest BCUT2D eigenvalue weighted by Gasteiger charge is 2.18. The zero-order chi connectivity index (χ0) is 15.4. The Balaban J connectivity index is 2.50. The Hall–Kier alpha value is -2.83. The summed E-state index contributed by atoms with van der Waals surface area (Å²) in [7, 11) is 3.07. The monoisotopic (exact) mass is 288 g/mol. The number of nitrogens with one attached hydrogen (secondary N) is 1. The second-order valence-corrected chi connectivity index (χ2v) is 4.33. The van der Waals surface area contributed by atoms with Gasteiger partial charge in [-0.05, 0) is 12.1 Å².